The van der Waals surface area contributed by atoms with E-state index in [0.717, 1.165) is 18.7 Å². The van der Waals surface area contributed by atoms with Crippen LogP contribution in [-0.2, 0) is 10.3 Å². The van der Waals surface area contributed by atoms with E-state index in [4.69, 9.17) is 4.74 Å². The van der Waals surface area contributed by atoms with Gasteiger partial charge in [-0.2, -0.15) is 0 Å². The first-order valence-electron chi connectivity index (χ1n) is 8.27. The van der Waals surface area contributed by atoms with Gasteiger partial charge in [-0.1, -0.05) is 36.4 Å². The molecule has 6 nitrogen and oxygen atoms in total. The Morgan fingerprint density at radius 1 is 1.12 bits per heavy atom. The molecule has 1 fully saturated rings. The molecule has 130 valence electrons. The van der Waals surface area contributed by atoms with Gasteiger partial charge in [-0.15, -0.1) is 0 Å². The minimum atomic E-state index is -0.708. The molecule has 0 amide bonds. The number of rotatable bonds is 4. The smallest absolute Gasteiger partial charge is 0.339 e. The lowest BCUT2D eigenvalue weighted by molar-refractivity contribution is -0.385. The lowest BCUT2D eigenvalue weighted by atomic mass is 9.84. The zero-order valence-electron chi connectivity index (χ0n) is 14.0. The van der Waals surface area contributed by atoms with Gasteiger partial charge in [0.25, 0.3) is 5.69 Å². The molecule has 1 saturated heterocycles. The minimum Gasteiger partial charge on any atom is -0.450 e. The standard InChI is InChI=1S/C19H20N2O4/c1-14-16(8-5-9-17(14)21(23)24)18(22)25-19(10-12-20-13-11-19)15-6-3-2-4-7-15/h2-9,20H,10-13H2,1H3. The summed E-state index contributed by atoms with van der Waals surface area (Å²) in [5.41, 5.74) is 0.736. The van der Waals surface area contributed by atoms with Crippen LogP contribution in [0.3, 0.4) is 0 Å². The Bertz CT molecular complexity index is 783. The van der Waals surface area contributed by atoms with Gasteiger partial charge in [-0.3, -0.25) is 10.1 Å². The van der Waals surface area contributed by atoms with E-state index in [0.29, 0.717) is 18.4 Å². The summed E-state index contributed by atoms with van der Waals surface area (Å²) >= 11 is 0. The Morgan fingerprint density at radius 3 is 2.44 bits per heavy atom. The molecule has 25 heavy (non-hydrogen) atoms. The zero-order chi connectivity index (χ0) is 17.9. The highest BCUT2D eigenvalue weighted by Crippen LogP contribution is 2.36. The topological polar surface area (TPSA) is 81.5 Å². The predicted octanol–water partition coefficient (Wildman–Crippen LogP) is 3.34. The number of hydrogen-bond acceptors (Lipinski definition) is 5. The van der Waals surface area contributed by atoms with Gasteiger partial charge >= 0.3 is 5.97 Å². The number of carbonyl (C=O) groups excluding carboxylic acids is 1. The Labute approximate surface area is 146 Å². The number of benzene rings is 2. The summed E-state index contributed by atoms with van der Waals surface area (Å²) in [4.78, 5) is 23.5. The van der Waals surface area contributed by atoms with Gasteiger partial charge in [-0.25, -0.2) is 4.79 Å². The quantitative estimate of drug-likeness (QED) is 0.524. The molecule has 3 rings (SSSR count). The predicted molar refractivity (Wildman–Crippen MR) is 93.5 cm³/mol. The minimum absolute atomic E-state index is 0.0754. The first-order chi connectivity index (χ1) is 12.0. The Kier molecular flexibility index (Phi) is 4.81. The molecule has 1 aliphatic heterocycles. The van der Waals surface area contributed by atoms with Crippen LogP contribution in [0.4, 0.5) is 5.69 Å². The van der Waals surface area contributed by atoms with E-state index < -0.39 is 16.5 Å². The van der Waals surface area contributed by atoms with Crippen molar-refractivity contribution in [2.24, 2.45) is 0 Å². The zero-order valence-corrected chi connectivity index (χ0v) is 14.0. The van der Waals surface area contributed by atoms with E-state index in [2.05, 4.69) is 5.32 Å². The highest BCUT2D eigenvalue weighted by atomic mass is 16.6. The molecular weight excluding hydrogens is 320 g/mol. The number of esters is 1. The molecule has 0 bridgehead atoms. The molecule has 1 aliphatic rings. The first kappa shape index (κ1) is 17.1. The maximum atomic E-state index is 12.8. The SMILES string of the molecule is Cc1c(C(=O)OC2(c3ccccc3)CCNCC2)cccc1[N+](=O)[O-]. The highest BCUT2D eigenvalue weighted by Gasteiger charge is 2.38. The maximum absolute atomic E-state index is 12.8. The van der Waals surface area contributed by atoms with Crippen LogP contribution < -0.4 is 5.32 Å². The second-order valence-electron chi connectivity index (χ2n) is 6.21. The molecule has 1 heterocycles. The van der Waals surface area contributed by atoms with Crippen molar-refractivity contribution in [1.29, 1.82) is 0 Å². The summed E-state index contributed by atoms with van der Waals surface area (Å²) in [6.45, 7) is 3.07. The molecule has 0 atom stereocenters. The van der Waals surface area contributed by atoms with Crippen LogP contribution in [0.1, 0.15) is 34.3 Å². The number of nitrogens with zero attached hydrogens (tertiary/aromatic N) is 1. The average Bonchev–Trinajstić information content (AvgIpc) is 2.63. The number of nitro groups is 1. The summed E-state index contributed by atoms with van der Waals surface area (Å²) < 4.78 is 5.97. The third kappa shape index (κ3) is 3.39. The fourth-order valence-corrected chi connectivity index (χ4v) is 3.30. The van der Waals surface area contributed by atoms with E-state index in [-0.39, 0.29) is 11.3 Å². The number of nitrogens with one attached hydrogen (secondary N) is 1. The molecule has 0 spiro atoms. The highest BCUT2D eigenvalue weighted by molar-refractivity contribution is 5.92. The summed E-state index contributed by atoms with van der Waals surface area (Å²) in [5.74, 6) is -0.521. The molecule has 2 aromatic carbocycles. The van der Waals surface area contributed by atoms with Gasteiger partial charge in [0.15, 0.2) is 0 Å². The van der Waals surface area contributed by atoms with Crippen molar-refractivity contribution < 1.29 is 14.5 Å². The van der Waals surface area contributed by atoms with Crippen molar-refractivity contribution in [2.75, 3.05) is 13.1 Å². The fourth-order valence-electron chi connectivity index (χ4n) is 3.30. The normalized spacial score (nSPS) is 16.2. The van der Waals surface area contributed by atoms with Gasteiger partial charge in [0.05, 0.1) is 10.5 Å². The van der Waals surface area contributed by atoms with Crippen molar-refractivity contribution in [3.8, 4) is 0 Å². The molecule has 0 aromatic heterocycles. The molecular formula is C19H20N2O4. The molecule has 2 aromatic rings. The van der Waals surface area contributed by atoms with Crippen molar-refractivity contribution in [3.05, 3.63) is 75.3 Å². The van der Waals surface area contributed by atoms with E-state index in [1.54, 1.807) is 13.0 Å². The summed E-state index contributed by atoms with van der Waals surface area (Å²) in [7, 11) is 0. The Hall–Kier alpha value is -2.73. The van der Waals surface area contributed by atoms with E-state index >= 15 is 0 Å². The monoisotopic (exact) mass is 340 g/mol. The summed E-state index contributed by atoms with van der Waals surface area (Å²) in [6, 6.07) is 14.2. The van der Waals surface area contributed by atoms with Crippen LogP contribution >= 0.6 is 0 Å². The molecule has 0 saturated carbocycles. The number of carbonyl (C=O) groups is 1. The van der Waals surface area contributed by atoms with Crippen LogP contribution in [0, 0.1) is 17.0 Å². The number of nitro benzene ring substituents is 1. The van der Waals surface area contributed by atoms with Crippen molar-refractivity contribution in [2.45, 2.75) is 25.4 Å². The Morgan fingerprint density at radius 2 is 1.80 bits per heavy atom. The van der Waals surface area contributed by atoms with Crippen LogP contribution in [0.5, 0.6) is 0 Å². The maximum Gasteiger partial charge on any atom is 0.339 e. The molecule has 0 aliphatic carbocycles. The van der Waals surface area contributed by atoms with Gasteiger partial charge in [0.1, 0.15) is 5.60 Å². The number of hydrogen-bond donors (Lipinski definition) is 1. The van der Waals surface area contributed by atoms with E-state index in [1.807, 2.05) is 30.3 Å². The number of piperidine rings is 1. The van der Waals surface area contributed by atoms with Crippen molar-refractivity contribution in [1.82, 2.24) is 5.32 Å². The fraction of sp³-hybridized carbons (Fsp3) is 0.316. The summed E-state index contributed by atoms with van der Waals surface area (Å²) in [6.07, 6.45) is 1.33. The van der Waals surface area contributed by atoms with Gasteiger partial charge in [0, 0.05) is 24.5 Å². The third-order valence-electron chi connectivity index (χ3n) is 4.72. The molecule has 0 radical (unpaired) electrons. The van der Waals surface area contributed by atoms with Crippen molar-refractivity contribution in [3.63, 3.8) is 0 Å². The van der Waals surface area contributed by atoms with Crippen LogP contribution in [0.2, 0.25) is 0 Å². The lowest BCUT2D eigenvalue weighted by Gasteiger charge is -2.37. The lowest BCUT2D eigenvalue weighted by Crippen LogP contribution is -2.43. The van der Waals surface area contributed by atoms with Gasteiger partial charge in [0.2, 0.25) is 0 Å². The van der Waals surface area contributed by atoms with E-state index in [1.165, 1.54) is 12.1 Å². The number of ether oxygens (including phenoxy) is 1. The largest absolute Gasteiger partial charge is 0.450 e. The second kappa shape index (κ2) is 7.03. The first-order valence-corrected chi connectivity index (χ1v) is 8.27. The van der Waals surface area contributed by atoms with Crippen LogP contribution in [-0.4, -0.2) is 24.0 Å². The van der Waals surface area contributed by atoms with Crippen molar-refractivity contribution >= 4 is 11.7 Å². The molecule has 0 unspecified atom stereocenters. The second-order valence-corrected chi connectivity index (χ2v) is 6.21. The summed E-state index contributed by atoms with van der Waals surface area (Å²) in [5, 5.41) is 14.4. The molecule has 1 N–H and O–H groups in total. The van der Waals surface area contributed by atoms with E-state index in [9.17, 15) is 14.9 Å². The van der Waals surface area contributed by atoms with Crippen LogP contribution in [0.25, 0.3) is 0 Å². The van der Waals surface area contributed by atoms with Gasteiger partial charge < -0.3 is 10.1 Å². The van der Waals surface area contributed by atoms with Gasteiger partial charge in [-0.05, 0) is 31.6 Å². The Balaban J connectivity index is 1.94. The average molecular weight is 340 g/mol. The third-order valence-corrected chi connectivity index (χ3v) is 4.72. The molecule has 6 heteroatoms. The van der Waals surface area contributed by atoms with Crippen LogP contribution in [0.15, 0.2) is 48.5 Å².